The van der Waals surface area contributed by atoms with Crippen LogP contribution in [0.25, 0.3) is 0 Å². The molecule has 28 heavy (non-hydrogen) atoms. The van der Waals surface area contributed by atoms with Crippen molar-refractivity contribution < 1.29 is 9.59 Å². The molecule has 1 aromatic rings. The van der Waals surface area contributed by atoms with Crippen LogP contribution in [0.3, 0.4) is 0 Å². The number of rotatable bonds is 3. The van der Waals surface area contributed by atoms with E-state index in [1.54, 1.807) is 0 Å². The highest BCUT2D eigenvalue weighted by molar-refractivity contribution is 5.99. The van der Waals surface area contributed by atoms with E-state index < -0.39 is 5.54 Å². The molecule has 0 radical (unpaired) electrons. The van der Waals surface area contributed by atoms with Gasteiger partial charge in [0.25, 0.3) is 0 Å². The van der Waals surface area contributed by atoms with Gasteiger partial charge in [0.05, 0.1) is 11.6 Å². The van der Waals surface area contributed by atoms with Gasteiger partial charge in [-0.15, -0.1) is 12.4 Å². The maximum Gasteiger partial charge on any atom is 0.244 e. The van der Waals surface area contributed by atoms with E-state index in [4.69, 9.17) is 5.73 Å². The molecule has 1 atom stereocenters. The van der Waals surface area contributed by atoms with Crippen molar-refractivity contribution in [3.05, 3.63) is 30.3 Å². The maximum absolute atomic E-state index is 12.9. The maximum atomic E-state index is 12.9. The van der Waals surface area contributed by atoms with E-state index in [1.165, 1.54) is 6.42 Å². The summed E-state index contributed by atoms with van der Waals surface area (Å²) in [5, 5.41) is 0. The van der Waals surface area contributed by atoms with Crippen LogP contribution >= 0.6 is 12.4 Å². The number of halogens is 1. The zero-order chi connectivity index (χ0) is 18.9. The van der Waals surface area contributed by atoms with E-state index in [9.17, 15) is 9.59 Å². The van der Waals surface area contributed by atoms with E-state index in [0.29, 0.717) is 13.1 Å². The standard InChI is InChI=1S/C21H30N4O2.ClH/c22-21(10-5-2-6-11-21)20(27)24-15-13-23(14-16-24)18-9-12-25(19(18)26)17-7-3-1-4-8-17;/h1,3-4,7-8,18H,2,5-6,9-16,22H2;1H. The largest absolute Gasteiger partial charge is 0.339 e. The number of hydrogen-bond donors (Lipinski definition) is 1. The fourth-order valence-corrected chi connectivity index (χ4v) is 4.82. The topological polar surface area (TPSA) is 69.9 Å². The second kappa shape index (κ2) is 8.80. The van der Waals surface area contributed by atoms with Crippen LogP contribution < -0.4 is 10.6 Å². The minimum Gasteiger partial charge on any atom is -0.339 e. The van der Waals surface area contributed by atoms with Crippen LogP contribution in [0.4, 0.5) is 5.69 Å². The third kappa shape index (κ3) is 4.04. The monoisotopic (exact) mass is 406 g/mol. The highest BCUT2D eigenvalue weighted by Gasteiger charge is 2.42. The first-order valence-electron chi connectivity index (χ1n) is 10.3. The Bertz CT molecular complexity index is 685. The summed E-state index contributed by atoms with van der Waals surface area (Å²) >= 11 is 0. The Morgan fingerprint density at radius 1 is 0.964 bits per heavy atom. The van der Waals surface area contributed by atoms with Gasteiger partial charge < -0.3 is 15.5 Å². The predicted molar refractivity (Wildman–Crippen MR) is 113 cm³/mol. The molecule has 154 valence electrons. The molecule has 2 saturated heterocycles. The van der Waals surface area contributed by atoms with Crippen LogP contribution in [0.1, 0.15) is 38.5 Å². The average molecular weight is 407 g/mol. The molecule has 2 aliphatic heterocycles. The predicted octanol–water partition coefficient (Wildman–Crippen LogP) is 2.02. The van der Waals surface area contributed by atoms with Crippen LogP contribution in [0, 0.1) is 0 Å². The first-order valence-corrected chi connectivity index (χ1v) is 10.3. The van der Waals surface area contributed by atoms with Crippen LogP contribution in [-0.2, 0) is 9.59 Å². The average Bonchev–Trinajstić information content (AvgIpc) is 3.10. The van der Waals surface area contributed by atoms with E-state index in [2.05, 4.69) is 4.90 Å². The lowest BCUT2D eigenvalue weighted by Gasteiger charge is -2.42. The summed E-state index contributed by atoms with van der Waals surface area (Å²) in [6.45, 7) is 3.61. The number of amides is 2. The number of carbonyl (C=O) groups excluding carboxylic acids is 2. The summed E-state index contributed by atoms with van der Waals surface area (Å²) in [5.74, 6) is 0.300. The van der Waals surface area contributed by atoms with Crippen molar-refractivity contribution in [2.45, 2.75) is 50.1 Å². The van der Waals surface area contributed by atoms with Crippen molar-refractivity contribution in [1.82, 2.24) is 9.80 Å². The van der Waals surface area contributed by atoms with Gasteiger partial charge in [0.2, 0.25) is 11.8 Å². The highest BCUT2D eigenvalue weighted by atomic mass is 35.5. The van der Waals surface area contributed by atoms with E-state index in [0.717, 1.165) is 57.4 Å². The Morgan fingerprint density at radius 2 is 1.61 bits per heavy atom. The highest BCUT2D eigenvalue weighted by Crippen LogP contribution is 2.29. The molecule has 4 rings (SSSR count). The fraction of sp³-hybridized carbons (Fsp3) is 0.619. The molecule has 7 heteroatoms. The van der Waals surface area contributed by atoms with Gasteiger partial charge in [0, 0.05) is 38.4 Å². The molecule has 6 nitrogen and oxygen atoms in total. The zero-order valence-corrected chi connectivity index (χ0v) is 17.2. The Hall–Kier alpha value is -1.63. The number of benzene rings is 1. The third-order valence-electron chi connectivity index (χ3n) is 6.46. The Kier molecular flexibility index (Phi) is 6.63. The van der Waals surface area contributed by atoms with Gasteiger partial charge in [-0.1, -0.05) is 37.5 Å². The first-order chi connectivity index (χ1) is 13.1. The third-order valence-corrected chi connectivity index (χ3v) is 6.46. The van der Waals surface area contributed by atoms with Crippen molar-refractivity contribution in [2.24, 2.45) is 5.73 Å². The summed E-state index contributed by atoms with van der Waals surface area (Å²) in [7, 11) is 0. The van der Waals surface area contributed by atoms with E-state index in [1.807, 2.05) is 40.1 Å². The number of nitrogens with two attached hydrogens (primary N) is 1. The summed E-state index contributed by atoms with van der Waals surface area (Å²) in [6, 6.07) is 9.81. The SMILES string of the molecule is Cl.NC1(C(=O)N2CCN(C3CCN(c4ccccc4)C3=O)CC2)CCCCC1. The van der Waals surface area contributed by atoms with Gasteiger partial charge in [-0.05, 0) is 31.4 Å². The van der Waals surface area contributed by atoms with Crippen molar-refractivity contribution in [1.29, 1.82) is 0 Å². The molecule has 1 saturated carbocycles. The van der Waals surface area contributed by atoms with E-state index in [-0.39, 0.29) is 30.3 Å². The lowest BCUT2D eigenvalue weighted by Crippen LogP contribution is -2.61. The lowest BCUT2D eigenvalue weighted by molar-refractivity contribution is -0.140. The normalized spacial score (nSPS) is 25.5. The van der Waals surface area contributed by atoms with Crippen LogP contribution in [-0.4, -0.2) is 65.9 Å². The van der Waals surface area contributed by atoms with Crippen molar-refractivity contribution >= 4 is 29.9 Å². The molecule has 1 aromatic carbocycles. The van der Waals surface area contributed by atoms with Crippen molar-refractivity contribution in [2.75, 3.05) is 37.6 Å². The van der Waals surface area contributed by atoms with Gasteiger partial charge in [0.1, 0.15) is 0 Å². The fourth-order valence-electron chi connectivity index (χ4n) is 4.82. The first kappa shape index (κ1) is 21.1. The Balaban J connectivity index is 0.00000225. The van der Waals surface area contributed by atoms with Gasteiger partial charge in [-0.2, -0.15) is 0 Å². The molecule has 2 N–H and O–H groups in total. The molecule has 3 aliphatic rings. The molecular formula is C21H31ClN4O2. The van der Waals surface area contributed by atoms with Gasteiger partial charge in [-0.25, -0.2) is 0 Å². The Morgan fingerprint density at radius 3 is 2.25 bits per heavy atom. The van der Waals surface area contributed by atoms with E-state index >= 15 is 0 Å². The molecule has 0 spiro atoms. The molecular weight excluding hydrogens is 376 g/mol. The number of para-hydroxylation sites is 1. The number of piperazine rings is 1. The molecule has 0 bridgehead atoms. The number of anilines is 1. The molecule has 2 heterocycles. The smallest absolute Gasteiger partial charge is 0.244 e. The summed E-state index contributed by atoms with van der Waals surface area (Å²) in [6.07, 6.45) is 5.74. The molecule has 1 unspecified atom stereocenters. The second-order valence-electron chi connectivity index (χ2n) is 8.17. The van der Waals surface area contributed by atoms with Gasteiger partial charge in [-0.3, -0.25) is 14.5 Å². The number of hydrogen-bond acceptors (Lipinski definition) is 4. The molecule has 1 aliphatic carbocycles. The minimum atomic E-state index is -0.659. The Labute approximate surface area is 173 Å². The molecule has 2 amide bonds. The zero-order valence-electron chi connectivity index (χ0n) is 16.4. The summed E-state index contributed by atoms with van der Waals surface area (Å²) < 4.78 is 0. The van der Waals surface area contributed by atoms with Gasteiger partial charge >= 0.3 is 0 Å². The van der Waals surface area contributed by atoms with Crippen LogP contribution in [0.5, 0.6) is 0 Å². The molecule has 3 fully saturated rings. The van der Waals surface area contributed by atoms with Crippen molar-refractivity contribution in [3.8, 4) is 0 Å². The summed E-state index contributed by atoms with van der Waals surface area (Å²) in [5.41, 5.74) is 6.74. The lowest BCUT2D eigenvalue weighted by atomic mass is 9.81. The van der Waals surface area contributed by atoms with Crippen LogP contribution in [0.2, 0.25) is 0 Å². The summed E-state index contributed by atoms with van der Waals surface area (Å²) in [4.78, 5) is 31.9. The second-order valence-corrected chi connectivity index (χ2v) is 8.17. The minimum absolute atomic E-state index is 0. The molecule has 0 aromatic heterocycles. The van der Waals surface area contributed by atoms with Gasteiger partial charge in [0.15, 0.2) is 0 Å². The number of carbonyl (C=O) groups is 2. The van der Waals surface area contributed by atoms with Crippen LogP contribution in [0.15, 0.2) is 30.3 Å². The number of nitrogens with zero attached hydrogens (tertiary/aromatic N) is 3. The quantitative estimate of drug-likeness (QED) is 0.833. The van der Waals surface area contributed by atoms with Crippen molar-refractivity contribution in [3.63, 3.8) is 0 Å².